The Kier molecular flexibility index (Phi) is 6.77. The van der Waals surface area contributed by atoms with Gasteiger partial charge in [-0.15, -0.1) is 0 Å². The predicted octanol–water partition coefficient (Wildman–Crippen LogP) is 3.61. The van der Waals surface area contributed by atoms with Crippen LogP contribution in [0.25, 0.3) is 10.9 Å². The molecule has 3 aromatic carbocycles. The van der Waals surface area contributed by atoms with E-state index in [-0.39, 0.29) is 12.2 Å². The second kappa shape index (κ2) is 10.1. The zero-order chi connectivity index (χ0) is 23.2. The number of primary amides is 1. The average molecular weight is 445 g/mol. The van der Waals surface area contributed by atoms with Gasteiger partial charge in [0.25, 0.3) is 0 Å². The van der Waals surface area contributed by atoms with Gasteiger partial charge >= 0.3 is 5.97 Å². The number of amides is 1. The molecule has 3 N–H and O–H groups in total. The Balaban J connectivity index is 0.000000243. The standard InChI is InChI=1S/C18H16N2O4.C7H7NO/c21-17(22)15-4-2-1-3-13(15)10-20-11-14-9-12(5-6-16(14)19-20)18-23-7-8-24-18;8-7(9)6-4-2-1-3-5-6/h1-6,9,11,18H,7-8,10H2,(H,21,22);1-5H,(H2,8,9). The number of nitrogens with zero attached hydrogens (tertiary/aromatic N) is 2. The molecule has 2 heterocycles. The number of hydrogen-bond acceptors (Lipinski definition) is 5. The number of nitrogens with two attached hydrogens (primary N) is 1. The van der Waals surface area contributed by atoms with Crippen LogP contribution in [0.3, 0.4) is 0 Å². The molecule has 1 amide bonds. The molecule has 1 fully saturated rings. The third-order valence-electron chi connectivity index (χ3n) is 5.11. The van der Waals surface area contributed by atoms with Gasteiger partial charge in [0.05, 0.1) is 30.8 Å². The van der Waals surface area contributed by atoms with Gasteiger partial charge < -0.3 is 20.3 Å². The van der Waals surface area contributed by atoms with Gasteiger partial charge in [-0.1, -0.05) is 42.5 Å². The first-order valence-corrected chi connectivity index (χ1v) is 10.4. The van der Waals surface area contributed by atoms with Crippen molar-refractivity contribution in [2.75, 3.05) is 13.2 Å². The van der Waals surface area contributed by atoms with Crippen molar-refractivity contribution in [2.45, 2.75) is 12.8 Å². The third-order valence-corrected chi connectivity index (χ3v) is 5.11. The summed E-state index contributed by atoms with van der Waals surface area (Å²) in [6.07, 6.45) is 1.59. The number of aromatic nitrogens is 2. The molecule has 1 aliphatic rings. The molecule has 8 nitrogen and oxygen atoms in total. The summed E-state index contributed by atoms with van der Waals surface area (Å²) in [6, 6.07) is 21.6. The van der Waals surface area contributed by atoms with Gasteiger partial charge in [0.2, 0.25) is 5.91 Å². The summed E-state index contributed by atoms with van der Waals surface area (Å²) in [7, 11) is 0. The van der Waals surface area contributed by atoms with Crippen LogP contribution < -0.4 is 5.73 Å². The minimum absolute atomic E-state index is 0.297. The second-order valence-corrected chi connectivity index (χ2v) is 7.41. The van der Waals surface area contributed by atoms with E-state index in [1.807, 2.05) is 36.5 Å². The van der Waals surface area contributed by atoms with E-state index in [2.05, 4.69) is 5.10 Å². The number of rotatable bonds is 5. The van der Waals surface area contributed by atoms with Crippen LogP contribution in [0, 0.1) is 0 Å². The molecule has 0 atom stereocenters. The molecule has 4 aromatic rings. The molecule has 0 bridgehead atoms. The quantitative estimate of drug-likeness (QED) is 0.485. The molecule has 8 heteroatoms. The Morgan fingerprint density at radius 1 is 1.00 bits per heavy atom. The molecule has 0 radical (unpaired) electrons. The number of benzene rings is 3. The van der Waals surface area contributed by atoms with Crippen molar-refractivity contribution in [3.05, 3.63) is 101 Å². The zero-order valence-corrected chi connectivity index (χ0v) is 17.8. The number of hydrogen-bond donors (Lipinski definition) is 2. The van der Waals surface area contributed by atoms with Gasteiger partial charge in [-0.3, -0.25) is 9.48 Å². The van der Waals surface area contributed by atoms with Crippen molar-refractivity contribution in [2.24, 2.45) is 5.73 Å². The van der Waals surface area contributed by atoms with Gasteiger partial charge in [-0.25, -0.2) is 4.79 Å². The van der Waals surface area contributed by atoms with Crippen LogP contribution in [0.5, 0.6) is 0 Å². The Bertz CT molecular complexity index is 1260. The van der Waals surface area contributed by atoms with Gasteiger partial charge in [0.15, 0.2) is 6.29 Å². The molecule has 1 aliphatic heterocycles. The Morgan fingerprint density at radius 3 is 2.36 bits per heavy atom. The second-order valence-electron chi connectivity index (χ2n) is 7.41. The molecule has 1 saturated heterocycles. The lowest BCUT2D eigenvalue weighted by atomic mass is 10.1. The van der Waals surface area contributed by atoms with Crippen molar-refractivity contribution in [3.8, 4) is 0 Å². The number of ether oxygens (including phenoxy) is 2. The molecule has 168 valence electrons. The fourth-order valence-electron chi connectivity index (χ4n) is 3.52. The van der Waals surface area contributed by atoms with E-state index in [4.69, 9.17) is 15.2 Å². The zero-order valence-electron chi connectivity index (χ0n) is 17.8. The van der Waals surface area contributed by atoms with E-state index < -0.39 is 5.97 Å². The van der Waals surface area contributed by atoms with Gasteiger partial charge in [-0.2, -0.15) is 5.10 Å². The maximum Gasteiger partial charge on any atom is 0.336 e. The number of carbonyl (C=O) groups is 2. The van der Waals surface area contributed by atoms with Gasteiger partial charge in [-0.05, 0) is 35.9 Å². The highest BCUT2D eigenvalue weighted by molar-refractivity contribution is 5.92. The first-order valence-electron chi connectivity index (χ1n) is 10.4. The summed E-state index contributed by atoms with van der Waals surface area (Å²) >= 11 is 0. The van der Waals surface area contributed by atoms with Crippen LogP contribution in [0.4, 0.5) is 0 Å². The third kappa shape index (κ3) is 5.43. The highest BCUT2D eigenvalue weighted by Gasteiger charge is 2.19. The normalized spacial score (nSPS) is 13.5. The average Bonchev–Trinajstić information content (AvgIpc) is 3.49. The van der Waals surface area contributed by atoms with Crippen LogP contribution in [0.15, 0.2) is 79.0 Å². The molecular weight excluding hydrogens is 422 g/mol. The summed E-state index contributed by atoms with van der Waals surface area (Å²) in [5.41, 5.74) is 8.36. The van der Waals surface area contributed by atoms with Crippen LogP contribution in [-0.2, 0) is 16.0 Å². The summed E-state index contributed by atoms with van der Waals surface area (Å²) in [4.78, 5) is 21.7. The lowest BCUT2D eigenvalue weighted by Crippen LogP contribution is -2.09. The minimum atomic E-state index is -0.930. The number of aromatic carboxylic acids is 1. The van der Waals surface area contributed by atoms with E-state index >= 15 is 0 Å². The maximum absolute atomic E-state index is 11.3. The molecule has 0 saturated carbocycles. The molecule has 5 rings (SSSR count). The minimum Gasteiger partial charge on any atom is -0.478 e. The summed E-state index contributed by atoms with van der Waals surface area (Å²) in [5, 5.41) is 14.8. The highest BCUT2D eigenvalue weighted by atomic mass is 16.7. The first-order chi connectivity index (χ1) is 16.0. The van der Waals surface area contributed by atoms with Crippen molar-refractivity contribution >= 4 is 22.8 Å². The van der Waals surface area contributed by atoms with Gasteiger partial charge in [0.1, 0.15) is 0 Å². The van der Waals surface area contributed by atoms with Gasteiger partial charge in [0, 0.05) is 22.7 Å². The van der Waals surface area contributed by atoms with Crippen LogP contribution in [0.1, 0.15) is 38.1 Å². The number of fused-ring (bicyclic) bond motifs is 1. The molecule has 1 aromatic heterocycles. The molecule has 33 heavy (non-hydrogen) atoms. The van der Waals surface area contributed by atoms with Crippen molar-refractivity contribution < 1.29 is 24.2 Å². The molecule has 0 spiro atoms. The monoisotopic (exact) mass is 445 g/mol. The number of carboxylic acid groups (broad SMARTS) is 1. The first kappa shape index (κ1) is 22.2. The van der Waals surface area contributed by atoms with Crippen molar-refractivity contribution in [1.82, 2.24) is 9.78 Å². The largest absolute Gasteiger partial charge is 0.478 e. The lowest BCUT2D eigenvalue weighted by Gasteiger charge is -2.08. The van der Waals surface area contributed by atoms with Crippen LogP contribution >= 0.6 is 0 Å². The summed E-state index contributed by atoms with van der Waals surface area (Å²) in [5.74, 6) is -1.31. The molecule has 0 unspecified atom stereocenters. The highest BCUT2D eigenvalue weighted by Crippen LogP contribution is 2.26. The van der Waals surface area contributed by atoms with E-state index in [9.17, 15) is 14.7 Å². The van der Waals surface area contributed by atoms with Crippen molar-refractivity contribution in [1.29, 1.82) is 0 Å². The topological polar surface area (TPSA) is 117 Å². The SMILES string of the molecule is NC(=O)c1ccccc1.O=C(O)c1ccccc1Cn1cc2cc(C3OCCO3)ccc2n1. The Labute approximate surface area is 190 Å². The predicted molar refractivity (Wildman–Crippen MR) is 122 cm³/mol. The maximum atomic E-state index is 11.3. The van der Waals surface area contributed by atoms with E-state index in [0.29, 0.717) is 30.9 Å². The van der Waals surface area contributed by atoms with E-state index in [0.717, 1.165) is 22.0 Å². The smallest absolute Gasteiger partial charge is 0.336 e. The lowest BCUT2D eigenvalue weighted by molar-refractivity contribution is -0.0440. The number of carbonyl (C=O) groups excluding carboxylic acids is 1. The van der Waals surface area contributed by atoms with E-state index in [1.165, 1.54) is 0 Å². The Hall–Kier alpha value is -4.01. The summed E-state index contributed by atoms with van der Waals surface area (Å²) < 4.78 is 12.8. The molecular formula is C25H23N3O5. The fraction of sp³-hybridized carbons (Fsp3) is 0.160. The van der Waals surface area contributed by atoms with E-state index in [1.54, 1.807) is 47.1 Å². The Morgan fingerprint density at radius 2 is 1.70 bits per heavy atom. The summed E-state index contributed by atoms with van der Waals surface area (Å²) in [6.45, 7) is 1.62. The molecule has 0 aliphatic carbocycles. The number of carboxylic acids is 1. The van der Waals surface area contributed by atoms with Crippen molar-refractivity contribution in [3.63, 3.8) is 0 Å². The fourth-order valence-corrected chi connectivity index (χ4v) is 3.52. The van der Waals surface area contributed by atoms with Crippen LogP contribution in [-0.4, -0.2) is 40.0 Å². The van der Waals surface area contributed by atoms with Crippen LogP contribution in [0.2, 0.25) is 0 Å².